The molecule has 0 bridgehead atoms. The third-order valence-electron chi connectivity index (χ3n) is 4.95. The van der Waals surface area contributed by atoms with Crippen LogP contribution in [0.2, 0.25) is 0 Å². The molecule has 10 heteroatoms. The third kappa shape index (κ3) is 4.42. The highest BCUT2D eigenvalue weighted by atomic mass is 19.4. The van der Waals surface area contributed by atoms with Crippen LogP contribution in [-0.4, -0.2) is 39.2 Å². The van der Waals surface area contributed by atoms with Crippen molar-refractivity contribution in [2.75, 3.05) is 18.4 Å². The van der Waals surface area contributed by atoms with Gasteiger partial charge in [-0.05, 0) is 46.5 Å². The van der Waals surface area contributed by atoms with Crippen LogP contribution in [0.5, 0.6) is 0 Å². The molecular formula is C20H19F3N6O. The Labute approximate surface area is 170 Å². The van der Waals surface area contributed by atoms with Crippen LogP contribution >= 0.6 is 0 Å². The normalized spacial score (nSPS) is 18.1. The van der Waals surface area contributed by atoms with Crippen molar-refractivity contribution in [1.29, 1.82) is 0 Å². The molecule has 7 nitrogen and oxygen atoms in total. The zero-order chi connectivity index (χ0) is 21.1. The number of rotatable bonds is 7. The topological polar surface area (TPSA) is 84.7 Å². The lowest BCUT2D eigenvalue weighted by molar-refractivity contribution is -0.137. The standard InChI is InChI=1S/C20H19F3N6O/c21-20(22,23)14-6-4-5-13(11-14)16-12-17(16)18(30)24-9-10-25-19-26-27-28-29(19)15-7-2-1-3-8-15/h1-8,11,16-17H,9-10,12H2,(H,24,30)(H,25,26,28). The Morgan fingerprint density at radius 1 is 1.10 bits per heavy atom. The number of amides is 1. The summed E-state index contributed by atoms with van der Waals surface area (Å²) in [5, 5.41) is 17.4. The second kappa shape index (κ2) is 8.13. The fraction of sp³-hybridized carbons (Fsp3) is 0.300. The second-order valence-electron chi connectivity index (χ2n) is 7.04. The molecule has 1 aliphatic carbocycles. The van der Waals surface area contributed by atoms with Gasteiger partial charge in [0.2, 0.25) is 11.9 Å². The Hall–Kier alpha value is -3.43. The molecule has 0 aliphatic heterocycles. The lowest BCUT2D eigenvalue weighted by Gasteiger charge is -2.09. The Morgan fingerprint density at radius 2 is 1.90 bits per heavy atom. The summed E-state index contributed by atoms with van der Waals surface area (Å²) < 4.78 is 40.1. The van der Waals surface area contributed by atoms with Crippen molar-refractivity contribution in [1.82, 2.24) is 25.5 Å². The van der Waals surface area contributed by atoms with E-state index in [2.05, 4.69) is 26.2 Å². The van der Waals surface area contributed by atoms with Gasteiger partial charge in [-0.25, -0.2) is 0 Å². The molecule has 156 valence electrons. The number of nitrogens with one attached hydrogen (secondary N) is 2. The van der Waals surface area contributed by atoms with Crippen LogP contribution in [0.1, 0.15) is 23.5 Å². The number of carbonyl (C=O) groups excluding carboxylic acids is 1. The Bertz CT molecular complexity index is 1020. The van der Waals surface area contributed by atoms with E-state index >= 15 is 0 Å². The number of tetrazole rings is 1. The summed E-state index contributed by atoms with van der Waals surface area (Å²) in [5.74, 6) is -0.195. The first kappa shape index (κ1) is 19.9. The number of carbonyl (C=O) groups is 1. The largest absolute Gasteiger partial charge is 0.416 e. The van der Waals surface area contributed by atoms with E-state index < -0.39 is 11.7 Å². The van der Waals surface area contributed by atoms with Crippen molar-refractivity contribution < 1.29 is 18.0 Å². The van der Waals surface area contributed by atoms with E-state index in [1.807, 2.05) is 30.3 Å². The van der Waals surface area contributed by atoms with Crippen LogP contribution in [0.25, 0.3) is 5.69 Å². The quantitative estimate of drug-likeness (QED) is 0.579. The molecule has 1 aromatic heterocycles. The van der Waals surface area contributed by atoms with Crippen molar-refractivity contribution in [3.63, 3.8) is 0 Å². The summed E-state index contributed by atoms with van der Waals surface area (Å²) in [6.07, 6.45) is -3.84. The molecule has 30 heavy (non-hydrogen) atoms. The maximum atomic E-state index is 12.9. The molecule has 4 rings (SSSR count). The maximum absolute atomic E-state index is 12.9. The molecule has 1 amide bonds. The van der Waals surface area contributed by atoms with Gasteiger partial charge in [-0.2, -0.15) is 17.9 Å². The Kier molecular flexibility index (Phi) is 5.39. The lowest BCUT2D eigenvalue weighted by atomic mass is 10.1. The summed E-state index contributed by atoms with van der Waals surface area (Å²) in [6, 6.07) is 14.5. The van der Waals surface area contributed by atoms with Gasteiger partial charge < -0.3 is 10.6 Å². The number of aromatic nitrogens is 4. The molecule has 2 aromatic carbocycles. The molecule has 1 fully saturated rings. The number of benzene rings is 2. The fourth-order valence-electron chi connectivity index (χ4n) is 3.33. The number of hydrogen-bond acceptors (Lipinski definition) is 5. The van der Waals surface area contributed by atoms with Crippen molar-refractivity contribution >= 4 is 11.9 Å². The molecule has 0 radical (unpaired) electrons. The highest BCUT2D eigenvalue weighted by molar-refractivity contribution is 5.82. The van der Waals surface area contributed by atoms with E-state index in [0.29, 0.717) is 31.0 Å². The van der Waals surface area contributed by atoms with Gasteiger partial charge in [-0.1, -0.05) is 41.5 Å². The molecule has 2 N–H and O–H groups in total. The minimum absolute atomic E-state index is 0.165. The molecule has 1 aliphatic rings. The fourth-order valence-corrected chi connectivity index (χ4v) is 3.33. The van der Waals surface area contributed by atoms with Crippen LogP contribution in [0.15, 0.2) is 54.6 Å². The van der Waals surface area contributed by atoms with Gasteiger partial charge in [0.1, 0.15) is 0 Å². The second-order valence-corrected chi connectivity index (χ2v) is 7.04. The van der Waals surface area contributed by atoms with E-state index in [1.54, 1.807) is 10.7 Å². The van der Waals surface area contributed by atoms with Gasteiger partial charge in [-0.3, -0.25) is 4.79 Å². The van der Waals surface area contributed by atoms with E-state index in [9.17, 15) is 18.0 Å². The summed E-state index contributed by atoms with van der Waals surface area (Å²) in [5.41, 5.74) is 0.660. The first-order chi connectivity index (χ1) is 14.4. The van der Waals surface area contributed by atoms with Gasteiger partial charge in [-0.15, -0.1) is 0 Å². The first-order valence-corrected chi connectivity index (χ1v) is 9.46. The summed E-state index contributed by atoms with van der Waals surface area (Å²) in [7, 11) is 0. The minimum Gasteiger partial charge on any atom is -0.354 e. The lowest BCUT2D eigenvalue weighted by Crippen LogP contribution is -2.30. The van der Waals surface area contributed by atoms with Crippen LogP contribution < -0.4 is 10.6 Å². The molecule has 2 unspecified atom stereocenters. The van der Waals surface area contributed by atoms with Crippen molar-refractivity contribution in [3.05, 3.63) is 65.7 Å². The molecule has 0 spiro atoms. The van der Waals surface area contributed by atoms with Gasteiger partial charge in [0.05, 0.1) is 11.3 Å². The zero-order valence-electron chi connectivity index (χ0n) is 15.8. The molecule has 2 atom stereocenters. The van der Waals surface area contributed by atoms with Crippen molar-refractivity contribution in [3.8, 4) is 5.69 Å². The number of alkyl halides is 3. The smallest absolute Gasteiger partial charge is 0.354 e. The highest BCUT2D eigenvalue weighted by Gasteiger charge is 2.44. The van der Waals surface area contributed by atoms with Gasteiger partial charge in [0, 0.05) is 19.0 Å². The SMILES string of the molecule is O=C(NCCNc1nnnn1-c1ccccc1)C1CC1c1cccc(C(F)(F)F)c1. The predicted octanol–water partition coefficient (Wildman–Crippen LogP) is 3.01. The summed E-state index contributed by atoms with van der Waals surface area (Å²) in [6.45, 7) is 0.742. The van der Waals surface area contributed by atoms with E-state index in [1.165, 1.54) is 6.07 Å². The van der Waals surface area contributed by atoms with E-state index in [-0.39, 0.29) is 17.7 Å². The zero-order valence-corrected chi connectivity index (χ0v) is 15.8. The average molecular weight is 416 g/mol. The molecule has 0 saturated heterocycles. The minimum atomic E-state index is -4.39. The molecule has 3 aromatic rings. The number of halogens is 3. The molecule has 1 saturated carbocycles. The summed E-state index contributed by atoms with van der Waals surface area (Å²) in [4.78, 5) is 12.3. The number of hydrogen-bond donors (Lipinski definition) is 2. The predicted molar refractivity (Wildman–Crippen MR) is 103 cm³/mol. The monoisotopic (exact) mass is 416 g/mol. The van der Waals surface area contributed by atoms with Crippen LogP contribution in [0.3, 0.4) is 0 Å². The number of nitrogens with zero attached hydrogens (tertiary/aromatic N) is 4. The maximum Gasteiger partial charge on any atom is 0.416 e. The molecule has 1 heterocycles. The average Bonchev–Trinajstić information content (AvgIpc) is 3.42. The van der Waals surface area contributed by atoms with Gasteiger partial charge in [0.25, 0.3) is 0 Å². The van der Waals surface area contributed by atoms with Crippen molar-refractivity contribution in [2.45, 2.75) is 18.5 Å². The van der Waals surface area contributed by atoms with Crippen LogP contribution in [0, 0.1) is 5.92 Å². The third-order valence-corrected chi connectivity index (χ3v) is 4.95. The van der Waals surface area contributed by atoms with Gasteiger partial charge >= 0.3 is 6.18 Å². The van der Waals surface area contributed by atoms with Gasteiger partial charge in [0.15, 0.2) is 0 Å². The number of para-hydroxylation sites is 1. The Balaban J connectivity index is 1.26. The Morgan fingerprint density at radius 3 is 2.67 bits per heavy atom. The first-order valence-electron chi connectivity index (χ1n) is 9.46. The number of anilines is 1. The highest BCUT2D eigenvalue weighted by Crippen LogP contribution is 2.48. The molecular weight excluding hydrogens is 397 g/mol. The summed E-state index contributed by atoms with van der Waals surface area (Å²) >= 11 is 0. The van der Waals surface area contributed by atoms with Crippen LogP contribution in [-0.2, 0) is 11.0 Å². The van der Waals surface area contributed by atoms with Crippen molar-refractivity contribution in [2.24, 2.45) is 5.92 Å². The van der Waals surface area contributed by atoms with E-state index in [0.717, 1.165) is 17.8 Å². The van der Waals surface area contributed by atoms with E-state index in [4.69, 9.17) is 0 Å². The van der Waals surface area contributed by atoms with Crippen LogP contribution in [0.4, 0.5) is 19.1 Å².